The molecule has 17 nitrogen and oxygen atoms in total. The van der Waals surface area contributed by atoms with Crippen molar-refractivity contribution in [3.05, 3.63) is 134 Å². The van der Waals surface area contributed by atoms with Crippen LogP contribution < -0.4 is 25.8 Å². The number of carboxylic acid groups (broad SMARTS) is 2. The lowest BCUT2D eigenvalue weighted by atomic mass is 10.0. The van der Waals surface area contributed by atoms with Crippen molar-refractivity contribution >= 4 is 125 Å². The first-order chi connectivity index (χ1) is 32.6. The maximum Gasteiger partial charge on any atom is 0.335 e. The summed E-state index contributed by atoms with van der Waals surface area (Å²) in [4.78, 5) is 47.2. The van der Waals surface area contributed by atoms with Gasteiger partial charge in [-0.1, -0.05) is 71.0 Å². The summed E-state index contributed by atoms with van der Waals surface area (Å²) in [6, 6.07) is 27.8. The first kappa shape index (κ1) is 49.1. The number of carbonyl (C=O) groups is 4. The molecule has 0 bridgehead atoms. The lowest BCUT2D eigenvalue weighted by Gasteiger charge is -2.14. The molecule has 0 aliphatic heterocycles. The van der Waals surface area contributed by atoms with Gasteiger partial charge >= 0.3 is 11.9 Å². The third-order valence-electron chi connectivity index (χ3n) is 10.2. The second-order valence-corrected chi connectivity index (χ2v) is 18.0. The first-order valence-corrected chi connectivity index (χ1v) is 23.5. The monoisotopic (exact) mass is 1060 g/mol. The number of fused-ring (bicyclic) bond motifs is 2. The molecule has 0 spiro atoms. The average Bonchev–Trinajstić information content (AvgIpc) is 3.89. The van der Waals surface area contributed by atoms with Crippen molar-refractivity contribution in [1.82, 2.24) is 29.5 Å². The highest BCUT2D eigenvalue weighted by Crippen LogP contribution is 2.35. The fourth-order valence-electron chi connectivity index (χ4n) is 6.85. The lowest BCUT2D eigenvalue weighted by molar-refractivity contribution is -0.114. The van der Waals surface area contributed by atoms with E-state index in [-0.39, 0.29) is 50.4 Å². The molecule has 6 N–H and O–H groups in total. The van der Waals surface area contributed by atoms with Crippen molar-refractivity contribution in [2.75, 3.05) is 42.1 Å². The number of benzene rings is 6. The van der Waals surface area contributed by atoms with E-state index in [1.807, 2.05) is 79.1 Å². The Bertz CT molecular complexity index is 3060. The summed E-state index contributed by atoms with van der Waals surface area (Å²) < 4.78 is 14.8. The van der Waals surface area contributed by atoms with Crippen molar-refractivity contribution in [2.24, 2.45) is 0 Å². The van der Waals surface area contributed by atoms with Crippen LogP contribution in [-0.4, -0.2) is 89.2 Å². The predicted molar refractivity (Wildman–Crippen MR) is 268 cm³/mol. The van der Waals surface area contributed by atoms with E-state index in [1.54, 1.807) is 18.8 Å². The zero-order valence-electron chi connectivity index (χ0n) is 36.2. The fourth-order valence-corrected chi connectivity index (χ4v) is 9.36. The number of methoxy groups -OCH3 is 2. The highest BCUT2D eigenvalue weighted by atomic mass is 79.9. The average molecular weight is 1060 g/mol. The number of halogens is 3. The van der Waals surface area contributed by atoms with Crippen LogP contribution in [0.4, 0.5) is 17.3 Å². The van der Waals surface area contributed by atoms with Crippen LogP contribution in [0.2, 0.25) is 10.0 Å². The minimum absolute atomic E-state index is 0.00224. The maximum absolute atomic E-state index is 12.6. The van der Waals surface area contributed by atoms with Crippen molar-refractivity contribution in [3.8, 4) is 22.9 Å². The summed E-state index contributed by atoms with van der Waals surface area (Å²) in [5.41, 5.74) is 10.7. The Morgan fingerprint density at radius 1 is 0.618 bits per heavy atom. The van der Waals surface area contributed by atoms with E-state index in [4.69, 9.17) is 48.6 Å². The zero-order chi connectivity index (χ0) is 48.8. The molecular formula is C46H38BrCl2N9O8S2. The van der Waals surface area contributed by atoms with E-state index in [0.717, 1.165) is 61.6 Å². The number of hydrogen-bond acceptors (Lipinski definition) is 13. The molecule has 68 heavy (non-hydrogen) atoms. The molecule has 0 saturated heterocycles. The number of thioether (sulfide) groups is 2. The van der Waals surface area contributed by atoms with Gasteiger partial charge in [-0.05, 0) is 124 Å². The predicted octanol–water partition coefficient (Wildman–Crippen LogP) is 9.98. The Morgan fingerprint density at radius 3 is 1.50 bits per heavy atom. The minimum Gasteiger partial charge on any atom is -0.497 e. The molecule has 0 radical (unpaired) electrons. The van der Waals surface area contributed by atoms with Crippen molar-refractivity contribution in [3.63, 3.8) is 0 Å². The van der Waals surface area contributed by atoms with Gasteiger partial charge in [0.25, 0.3) is 0 Å². The van der Waals surface area contributed by atoms with Gasteiger partial charge in [-0.3, -0.25) is 18.7 Å². The molecule has 2 aromatic heterocycles. The van der Waals surface area contributed by atoms with Gasteiger partial charge in [0.2, 0.25) is 22.5 Å². The number of nitrogens with two attached hydrogens (primary N) is 1. The highest BCUT2D eigenvalue weighted by molar-refractivity contribution is 9.10. The van der Waals surface area contributed by atoms with E-state index in [1.165, 1.54) is 48.2 Å². The third-order valence-corrected chi connectivity index (χ3v) is 13.2. The summed E-state index contributed by atoms with van der Waals surface area (Å²) in [7, 11) is 3.22. The minimum atomic E-state index is -1.10. The van der Waals surface area contributed by atoms with Gasteiger partial charge in [0.15, 0.2) is 10.3 Å². The van der Waals surface area contributed by atoms with Crippen LogP contribution in [-0.2, 0) is 9.59 Å². The van der Waals surface area contributed by atoms with Crippen LogP contribution in [0, 0.1) is 13.8 Å². The number of anilines is 3. The molecule has 8 rings (SSSR count). The fraction of sp³-hybridized carbons (Fsp3) is 0.130. The number of nitrogens with zero attached hydrogens (tertiary/aromatic N) is 6. The highest BCUT2D eigenvalue weighted by Gasteiger charge is 2.20. The van der Waals surface area contributed by atoms with E-state index >= 15 is 0 Å². The van der Waals surface area contributed by atoms with Gasteiger partial charge in [0.1, 0.15) is 11.5 Å². The first-order valence-electron chi connectivity index (χ1n) is 19.9. The Labute approximate surface area is 414 Å². The van der Waals surface area contributed by atoms with Gasteiger partial charge in [-0.2, -0.15) is 0 Å². The van der Waals surface area contributed by atoms with E-state index < -0.39 is 11.9 Å². The Kier molecular flexibility index (Phi) is 15.5. The second-order valence-electron chi connectivity index (χ2n) is 14.6. The van der Waals surface area contributed by atoms with E-state index in [0.29, 0.717) is 32.2 Å². The lowest BCUT2D eigenvalue weighted by Crippen LogP contribution is -2.15. The summed E-state index contributed by atoms with van der Waals surface area (Å²) >= 11 is 18.0. The van der Waals surface area contributed by atoms with Crippen molar-refractivity contribution in [2.45, 2.75) is 24.2 Å². The number of ether oxygens (including phenoxy) is 2. The molecule has 6 aromatic carbocycles. The number of amides is 2. The molecule has 0 aliphatic rings. The molecule has 0 fully saturated rings. The zero-order valence-corrected chi connectivity index (χ0v) is 40.9. The standard InChI is InChI=1S/C23H18BrClN4O4S.C23H20ClN5O4S/c1-12-3-8-19(16-10-14(33-2)5-6-15(12)16)29-22(24)27-28-23(29)34-11-20(30)26-18-7-4-13(21(31)32)9-17(18)25;1-12-3-8-19(16-10-14(33-2)5-6-15(12)16)29-22(25)27-28-23(29)34-11-20(30)26-18-7-4-13(21(31)32)9-17(18)24/h3-10H,11H2,1-2H3,(H,26,30)(H,31,32);3-10H,11H2,1-2H3,(H2,25,27)(H,26,30)(H,31,32). The molecule has 22 heteroatoms. The normalized spacial score (nSPS) is 10.9. The number of carbonyl (C=O) groups excluding carboxylic acids is 2. The van der Waals surface area contributed by atoms with Crippen LogP contribution in [0.5, 0.6) is 11.5 Å². The molecule has 0 saturated carbocycles. The number of aryl methyl sites for hydroxylation is 2. The van der Waals surface area contributed by atoms with Gasteiger partial charge in [0, 0.05) is 10.8 Å². The van der Waals surface area contributed by atoms with E-state index in [9.17, 15) is 19.2 Å². The summed E-state index contributed by atoms with van der Waals surface area (Å²) in [6.45, 7) is 4.05. The molecule has 2 heterocycles. The molecular weight excluding hydrogens is 1020 g/mol. The van der Waals surface area contributed by atoms with Gasteiger partial charge in [0.05, 0.1) is 69.6 Å². The number of hydrogen-bond donors (Lipinski definition) is 5. The van der Waals surface area contributed by atoms with Crippen LogP contribution in [0.25, 0.3) is 32.9 Å². The summed E-state index contributed by atoms with van der Waals surface area (Å²) in [6.07, 6.45) is 0. The number of nitrogens with one attached hydrogen (secondary N) is 2. The summed E-state index contributed by atoms with van der Waals surface area (Å²) in [5, 5.41) is 45.1. The molecule has 0 unspecified atom stereocenters. The topological polar surface area (TPSA) is 239 Å². The largest absolute Gasteiger partial charge is 0.497 e. The number of aromatic nitrogens is 6. The second kappa shape index (κ2) is 21.4. The molecule has 2 amide bonds. The van der Waals surface area contributed by atoms with Crippen LogP contribution in [0.15, 0.2) is 112 Å². The number of carboxylic acids is 2. The molecule has 348 valence electrons. The van der Waals surface area contributed by atoms with Gasteiger partial charge in [-0.15, -0.1) is 20.4 Å². The van der Waals surface area contributed by atoms with Crippen molar-refractivity contribution in [1.29, 1.82) is 0 Å². The molecule has 8 aromatic rings. The molecule has 0 aliphatic carbocycles. The maximum atomic E-state index is 12.6. The SMILES string of the molecule is COc1ccc2c(C)ccc(-n3c(Br)nnc3SCC(=O)Nc3ccc(C(=O)O)cc3Cl)c2c1.COc1ccc2c(C)ccc(-n3c(N)nnc3SCC(=O)Nc3ccc(C(=O)O)cc3Cl)c2c1. The van der Waals surface area contributed by atoms with E-state index in [2.05, 4.69) is 47.0 Å². The number of rotatable bonds is 14. The number of nitrogen functional groups attached to an aromatic ring is 1. The summed E-state index contributed by atoms with van der Waals surface area (Å²) in [5.74, 6) is -1.22. The van der Waals surface area contributed by atoms with Gasteiger partial charge in [-0.25, -0.2) is 9.59 Å². The van der Waals surface area contributed by atoms with Crippen molar-refractivity contribution < 1.29 is 38.9 Å². The van der Waals surface area contributed by atoms with Crippen LogP contribution >= 0.6 is 62.7 Å². The Hall–Kier alpha value is -6.84. The van der Waals surface area contributed by atoms with Gasteiger partial charge < -0.3 is 36.1 Å². The quantitative estimate of drug-likeness (QED) is 0.0637. The van der Waals surface area contributed by atoms with Crippen LogP contribution in [0.3, 0.4) is 0 Å². The Morgan fingerprint density at radius 2 is 1.06 bits per heavy atom. The molecule has 0 atom stereocenters. The third kappa shape index (κ3) is 11.0. The Balaban J connectivity index is 0.000000201. The smallest absolute Gasteiger partial charge is 0.335 e. The van der Waals surface area contributed by atoms with Crippen LogP contribution in [0.1, 0.15) is 31.8 Å². The number of aromatic carboxylic acids is 2.